The highest BCUT2D eigenvalue weighted by Gasteiger charge is 2.08. The molecule has 1 heterocycles. The third kappa shape index (κ3) is 7.15. The smallest absolute Gasteiger partial charge is 0.274 e. The maximum absolute atomic E-state index is 13.1. The van der Waals surface area contributed by atoms with E-state index in [9.17, 15) is 4.79 Å². The summed E-state index contributed by atoms with van der Waals surface area (Å²) >= 11 is 0. The molecule has 0 radical (unpaired) electrons. The lowest BCUT2D eigenvalue weighted by Crippen LogP contribution is -2.35. The highest BCUT2D eigenvalue weighted by atomic mass is 16.1. The normalized spacial score (nSPS) is 12.7. The van der Waals surface area contributed by atoms with Crippen LogP contribution >= 0.6 is 0 Å². The number of rotatable bonds is 13. The number of nitrogens with one attached hydrogen (secondary N) is 1. The van der Waals surface area contributed by atoms with Gasteiger partial charge in [0.05, 0.1) is 10.6 Å². The monoisotopic (exact) mass is 425 g/mol. The van der Waals surface area contributed by atoms with Crippen molar-refractivity contribution in [2.24, 2.45) is 0 Å². The Bertz CT molecular complexity index is 959. The first-order chi connectivity index (χ1) is 15.0. The van der Waals surface area contributed by atoms with Crippen molar-refractivity contribution >= 4 is 17.8 Å². The van der Waals surface area contributed by atoms with E-state index >= 15 is 0 Å². The summed E-state index contributed by atoms with van der Waals surface area (Å²) in [6, 6.07) is 6.69. The summed E-state index contributed by atoms with van der Waals surface area (Å²) in [5.74, 6) is 0. The van der Waals surface area contributed by atoms with Gasteiger partial charge in [0.1, 0.15) is 0 Å². The molecule has 1 aromatic carbocycles. The van der Waals surface area contributed by atoms with Crippen LogP contribution in [0.3, 0.4) is 0 Å². The van der Waals surface area contributed by atoms with Crippen molar-refractivity contribution < 1.29 is 0 Å². The van der Waals surface area contributed by atoms with Gasteiger partial charge in [0, 0.05) is 25.3 Å². The standard InChI is InChI=1S/C27H43N3O/c1-6-10-14-26-25(27(31)30(28-26)19-13-9-4)21-23-15-16-24(20-22(23)5)29(17-11-7-2)18-12-8-3/h14-16,20-21,28H,6-13,17-19H2,1-5H3/b25-21?,26-14-. The number of unbranched alkanes of at least 4 members (excludes halogenated alkanes) is 4. The van der Waals surface area contributed by atoms with E-state index in [4.69, 9.17) is 0 Å². The third-order valence-electron chi connectivity index (χ3n) is 5.88. The minimum atomic E-state index is 0.0896. The lowest BCUT2D eigenvalue weighted by molar-refractivity contribution is 0.553. The van der Waals surface area contributed by atoms with Crippen LogP contribution in [0.5, 0.6) is 0 Å². The lowest BCUT2D eigenvalue weighted by atomic mass is 10.1. The summed E-state index contributed by atoms with van der Waals surface area (Å²) in [5.41, 5.74) is 3.73. The highest BCUT2D eigenvalue weighted by Crippen LogP contribution is 2.21. The molecule has 0 aliphatic heterocycles. The SMILES string of the molecule is CCC/C=c1\[nH]n(CCCC)c(=O)c1=Cc1ccc(N(CCCC)CCCC)cc1C. The van der Waals surface area contributed by atoms with Crippen LogP contribution < -0.4 is 21.0 Å². The van der Waals surface area contributed by atoms with Crippen LogP contribution in [0.15, 0.2) is 23.0 Å². The predicted octanol–water partition coefficient (Wildman–Crippen LogP) is 5.10. The fourth-order valence-electron chi connectivity index (χ4n) is 3.82. The number of aryl methyl sites for hydroxylation is 2. The number of aromatic amines is 1. The molecule has 0 saturated heterocycles. The molecule has 172 valence electrons. The Morgan fingerprint density at radius 2 is 1.65 bits per heavy atom. The first-order valence-electron chi connectivity index (χ1n) is 12.4. The van der Waals surface area contributed by atoms with Crippen LogP contribution in [0.2, 0.25) is 0 Å². The molecule has 31 heavy (non-hydrogen) atoms. The van der Waals surface area contributed by atoms with Crippen LogP contribution in [-0.4, -0.2) is 22.9 Å². The van der Waals surface area contributed by atoms with Crippen molar-refractivity contribution in [1.82, 2.24) is 9.78 Å². The van der Waals surface area contributed by atoms with Gasteiger partial charge in [-0.2, -0.15) is 0 Å². The van der Waals surface area contributed by atoms with Gasteiger partial charge in [-0.05, 0) is 61.9 Å². The molecule has 2 rings (SSSR count). The zero-order chi connectivity index (χ0) is 22.6. The Morgan fingerprint density at radius 3 is 2.23 bits per heavy atom. The van der Waals surface area contributed by atoms with Gasteiger partial charge in [0.15, 0.2) is 0 Å². The van der Waals surface area contributed by atoms with E-state index in [0.29, 0.717) is 0 Å². The van der Waals surface area contributed by atoms with Gasteiger partial charge in [-0.1, -0.05) is 65.5 Å². The van der Waals surface area contributed by atoms with E-state index in [0.717, 1.165) is 61.4 Å². The minimum absolute atomic E-state index is 0.0896. The van der Waals surface area contributed by atoms with Crippen molar-refractivity contribution in [3.63, 3.8) is 0 Å². The molecule has 0 aliphatic carbocycles. The van der Waals surface area contributed by atoms with Gasteiger partial charge in [0.2, 0.25) is 0 Å². The number of anilines is 1. The number of benzene rings is 1. The maximum Gasteiger partial charge on any atom is 0.274 e. The van der Waals surface area contributed by atoms with Gasteiger partial charge in [-0.15, -0.1) is 0 Å². The zero-order valence-electron chi connectivity index (χ0n) is 20.5. The number of aromatic nitrogens is 2. The number of H-pyrrole nitrogens is 1. The van der Waals surface area contributed by atoms with E-state index in [1.54, 1.807) is 4.68 Å². The first kappa shape index (κ1) is 25.0. The zero-order valence-corrected chi connectivity index (χ0v) is 20.5. The molecule has 0 spiro atoms. The molecule has 0 fully saturated rings. The summed E-state index contributed by atoms with van der Waals surface area (Å²) in [6.07, 6.45) is 13.2. The predicted molar refractivity (Wildman–Crippen MR) is 135 cm³/mol. The van der Waals surface area contributed by atoms with Gasteiger partial charge >= 0.3 is 0 Å². The lowest BCUT2D eigenvalue weighted by Gasteiger charge is -2.25. The van der Waals surface area contributed by atoms with Gasteiger partial charge < -0.3 is 4.90 Å². The fourth-order valence-corrected chi connectivity index (χ4v) is 3.82. The van der Waals surface area contributed by atoms with Crippen LogP contribution in [0.25, 0.3) is 12.2 Å². The summed E-state index contributed by atoms with van der Waals surface area (Å²) in [5, 5.41) is 5.09. The Hall–Kier alpha value is -2.23. The second kappa shape index (κ2) is 13.2. The molecule has 0 atom stereocenters. The molecule has 0 amide bonds. The highest BCUT2D eigenvalue weighted by molar-refractivity contribution is 5.60. The Morgan fingerprint density at radius 1 is 0.968 bits per heavy atom. The van der Waals surface area contributed by atoms with E-state index in [2.05, 4.69) is 75.0 Å². The molecule has 0 bridgehead atoms. The van der Waals surface area contributed by atoms with Crippen LogP contribution in [0.4, 0.5) is 5.69 Å². The topological polar surface area (TPSA) is 41.0 Å². The molecule has 4 heteroatoms. The molecular formula is C27H43N3O. The third-order valence-corrected chi connectivity index (χ3v) is 5.88. The van der Waals surface area contributed by atoms with E-state index < -0.39 is 0 Å². The molecule has 0 saturated carbocycles. The summed E-state index contributed by atoms with van der Waals surface area (Å²) < 4.78 is 1.78. The van der Waals surface area contributed by atoms with E-state index in [-0.39, 0.29) is 5.56 Å². The second-order valence-electron chi connectivity index (χ2n) is 8.62. The van der Waals surface area contributed by atoms with Crippen molar-refractivity contribution in [3.05, 3.63) is 50.2 Å². The molecule has 4 nitrogen and oxygen atoms in total. The molecule has 0 unspecified atom stereocenters. The number of nitrogens with zero attached hydrogens (tertiary/aromatic N) is 2. The van der Waals surface area contributed by atoms with Crippen molar-refractivity contribution in [2.45, 2.75) is 92.5 Å². The number of hydrogen-bond donors (Lipinski definition) is 1. The van der Waals surface area contributed by atoms with Crippen LogP contribution in [0, 0.1) is 6.92 Å². The van der Waals surface area contributed by atoms with E-state index in [1.165, 1.54) is 36.9 Å². The average molecular weight is 426 g/mol. The summed E-state index contributed by atoms with van der Waals surface area (Å²) in [6.45, 7) is 13.9. The summed E-state index contributed by atoms with van der Waals surface area (Å²) in [7, 11) is 0. The second-order valence-corrected chi connectivity index (χ2v) is 8.62. The van der Waals surface area contributed by atoms with Crippen molar-refractivity contribution in [1.29, 1.82) is 0 Å². The van der Waals surface area contributed by atoms with Gasteiger partial charge in [-0.25, -0.2) is 0 Å². The molecular weight excluding hydrogens is 382 g/mol. The summed E-state index contributed by atoms with van der Waals surface area (Å²) in [4.78, 5) is 15.6. The van der Waals surface area contributed by atoms with Crippen LogP contribution in [0.1, 0.15) is 90.2 Å². The first-order valence-corrected chi connectivity index (χ1v) is 12.4. The molecule has 1 aromatic heterocycles. The largest absolute Gasteiger partial charge is 0.372 e. The van der Waals surface area contributed by atoms with E-state index in [1.807, 2.05) is 0 Å². The Balaban J connectivity index is 2.45. The maximum atomic E-state index is 13.1. The van der Waals surface area contributed by atoms with Gasteiger partial charge in [-0.3, -0.25) is 14.6 Å². The number of hydrogen-bond acceptors (Lipinski definition) is 2. The molecule has 2 aromatic rings. The Labute approximate surface area is 188 Å². The Kier molecular flexibility index (Phi) is 10.7. The average Bonchev–Trinajstić information content (AvgIpc) is 3.06. The van der Waals surface area contributed by atoms with Gasteiger partial charge in [0.25, 0.3) is 5.56 Å². The quantitative estimate of drug-likeness (QED) is 0.485. The fraction of sp³-hybridized carbons (Fsp3) is 0.593. The van der Waals surface area contributed by atoms with Crippen LogP contribution in [-0.2, 0) is 6.54 Å². The van der Waals surface area contributed by atoms with Crippen molar-refractivity contribution in [3.8, 4) is 0 Å². The molecule has 0 aliphatic rings. The minimum Gasteiger partial charge on any atom is -0.372 e. The van der Waals surface area contributed by atoms with Crippen molar-refractivity contribution in [2.75, 3.05) is 18.0 Å². The molecule has 1 N–H and O–H groups in total.